The van der Waals surface area contributed by atoms with Crippen LogP contribution in [-0.4, -0.2) is 34.1 Å². The summed E-state index contributed by atoms with van der Waals surface area (Å²) in [5.74, 6) is -0.352. The van der Waals surface area contributed by atoms with Crippen LogP contribution in [0.3, 0.4) is 0 Å². The lowest BCUT2D eigenvalue weighted by molar-refractivity contribution is -0.384. The highest BCUT2D eigenvalue weighted by atomic mass is 16.6. The molecular formula is C14H19N3O4. The fraction of sp³-hybridized carbons (Fsp3) is 0.571. The van der Waals surface area contributed by atoms with E-state index in [4.69, 9.17) is 5.11 Å². The standard InChI is InChI=1S/C14H19N3O4/c1-2-3-10-6-8-16(9-7-10)13-12(17(20)21)5-4-11(15-13)14(18)19/h4-5,10H,2-3,6-9H2,1H3,(H,18,19). The molecule has 2 heterocycles. The van der Waals surface area contributed by atoms with E-state index >= 15 is 0 Å². The topological polar surface area (TPSA) is 96.6 Å². The van der Waals surface area contributed by atoms with Crippen LogP contribution in [0.1, 0.15) is 43.1 Å². The number of rotatable bonds is 5. The second-order valence-electron chi connectivity index (χ2n) is 5.32. The molecular weight excluding hydrogens is 274 g/mol. The molecule has 0 atom stereocenters. The molecule has 2 rings (SSSR count). The Morgan fingerprint density at radius 3 is 2.67 bits per heavy atom. The Morgan fingerprint density at radius 2 is 2.14 bits per heavy atom. The number of hydrogen-bond acceptors (Lipinski definition) is 5. The number of nitrogens with zero attached hydrogens (tertiary/aromatic N) is 3. The largest absolute Gasteiger partial charge is 0.477 e. The van der Waals surface area contributed by atoms with Crippen molar-refractivity contribution in [1.82, 2.24) is 4.98 Å². The lowest BCUT2D eigenvalue weighted by atomic mass is 9.92. The molecule has 7 nitrogen and oxygen atoms in total. The van der Waals surface area contributed by atoms with E-state index in [0.717, 1.165) is 19.3 Å². The molecule has 7 heteroatoms. The first-order valence-electron chi connectivity index (χ1n) is 7.16. The SMILES string of the molecule is CCCC1CCN(c2nc(C(=O)O)ccc2[N+](=O)[O-])CC1. The number of aromatic carboxylic acids is 1. The predicted octanol–water partition coefficient (Wildman–Crippen LogP) is 2.70. The third kappa shape index (κ3) is 3.48. The summed E-state index contributed by atoms with van der Waals surface area (Å²) in [5, 5.41) is 20.1. The number of piperidine rings is 1. The first-order valence-corrected chi connectivity index (χ1v) is 7.16. The molecule has 114 valence electrons. The monoisotopic (exact) mass is 293 g/mol. The van der Waals surface area contributed by atoms with Crippen LogP contribution in [0.25, 0.3) is 0 Å². The van der Waals surface area contributed by atoms with Crippen LogP contribution in [0, 0.1) is 16.0 Å². The van der Waals surface area contributed by atoms with Gasteiger partial charge < -0.3 is 10.0 Å². The van der Waals surface area contributed by atoms with Crippen molar-refractivity contribution in [2.45, 2.75) is 32.6 Å². The number of aromatic nitrogens is 1. The van der Waals surface area contributed by atoms with E-state index < -0.39 is 10.9 Å². The molecule has 0 radical (unpaired) electrons. The second-order valence-corrected chi connectivity index (χ2v) is 5.32. The van der Waals surface area contributed by atoms with Crippen molar-refractivity contribution in [1.29, 1.82) is 0 Å². The molecule has 1 fully saturated rings. The molecule has 21 heavy (non-hydrogen) atoms. The number of pyridine rings is 1. The molecule has 0 spiro atoms. The molecule has 0 aromatic carbocycles. The first-order chi connectivity index (χ1) is 10.0. The maximum absolute atomic E-state index is 11.1. The Balaban J connectivity index is 2.23. The average molecular weight is 293 g/mol. The molecule has 1 aromatic rings. The van der Waals surface area contributed by atoms with Crippen molar-refractivity contribution in [2.24, 2.45) is 5.92 Å². The Labute approximate surface area is 122 Å². The van der Waals surface area contributed by atoms with E-state index in [9.17, 15) is 14.9 Å². The van der Waals surface area contributed by atoms with Gasteiger partial charge in [0.25, 0.3) is 0 Å². The van der Waals surface area contributed by atoms with Crippen molar-refractivity contribution in [3.63, 3.8) is 0 Å². The quantitative estimate of drug-likeness (QED) is 0.662. The van der Waals surface area contributed by atoms with Crippen molar-refractivity contribution >= 4 is 17.5 Å². The van der Waals surface area contributed by atoms with Crippen molar-refractivity contribution < 1.29 is 14.8 Å². The average Bonchev–Trinajstić information content (AvgIpc) is 2.47. The normalized spacial score (nSPS) is 16.0. The number of carbonyl (C=O) groups is 1. The number of carboxylic acids is 1. The Bertz CT molecular complexity index is 539. The number of hydrogen-bond donors (Lipinski definition) is 1. The van der Waals surface area contributed by atoms with E-state index in [1.165, 1.54) is 18.6 Å². The van der Waals surface area contributed by atoms with Gasteiger partial charge in [-0.15, -0.1) is 0 Å². The molecule has 1 aliphatic rings. The molecule has 0 saturated carbocycles. The molecule has 1 N–H and O–H groups in total. The van der Waals surface area contributed by atoms with Crippen molar-refractivity contribution in [2.75, 3.05) is 18.0 Å². The van der Waals surface area contributed by atoms with Gasteiger partial charge in [0.2, 0.25) is 5.82 Å². The van der Waals surface area contributed by atoms with Gasteiger partial charge in [-0.05, 0) is 24.8 Å². The van der Waals surface area contributed by atoms with Crippen LogP contribution in [0.15, 0.2) is 12.1 Å². The molecule has 1 aliphatic heterocycles. The maximum Gasteiger partial charge on any atom is 0.354 e. The van der Waals surface area contributed by atoms with Crippen LogP contribution >= 0.6 is 0 Å². The van der Waals surface area contributed by atoms with Crippen LogP contribution in [0.4, 0.5) is 11.5 Å². The highest BCUT2D eigenvalue weighted by molar-refractivity contribution is 5.86. The molecule has 0 amide bonds. The minimum absolute atomic E-state index is 0.131. The van der Waals surface area contributed by atoms with Crippen molar-refractivity contribution in [3.05, 3.63) is 27.9 Å². The van der Waals surface area contributed by atoms with Gasteiger partial charge in [0.1, 0.15) is 0 Å². The Kier molecular flexibility index (Phi) is 4.72. The summed E-state index contributed by atoms with van der Waals surface area (Å²) in [6.45, 7) is 3.51. The zero-order valence-electron chi connectivity index (χ0n) is 12.0. The third-order valence-electron chi connectivity index (χ3n) is 3.88. The highest BCUT2D eigenvalue weighted by Crippen LogP contribution is 2.31. The van der Waals surface area contributed by atoms with Gasteiger partial charge in [0, 0.05) is 19.2 Å². The zero-order valence-corrected chi connectivity index (χ0v) is 12.0. The summed E-state index contributed by atoms with van der Waals surface area (Å²) in [6, 6.07) is 2.40. The van der Waals surface area contributed by atoms with Gasteiger partial charge in [-0.2, -0.15) is 0 Å². The molecule has 0 unspecified atom stereocenters. The molecule has 1 aromatic heterocycles. The second kappa shape index (κ2) is 6.51. The van der Waals surface area contributed by atoms with E-state index in [-0.39, 0.29) is 17.2 Å². The fourth-order valence-corrected chi connectivity index (χ4v) is 2.78. The first kappa shape index (κ1) is 15.2. The number of carboxylic acid groups (broad SMARTS) is 1. The minimum atomic E-state index is -1.17. The van der Waals surface area contributed by atoms with Gasteiger partial charge in [-0.25, -0.2) is 9.78 Å². The number of anilines is 1. The van der Waals surface area contributed by atoms with Crippen LogP contribution < -0.4 is 4.90 Å². The lowest BCUT2D eigenvalue weighted by Crippen LogP contribution is -2.35. The van der Waals surface area contributed by atoms with Gasteiger partial charge >= 0.3 is 11.7 Å². The molecule has 0 aliphatic carbocycles. The van der Waals surface area contributed by atoms with Crippen LogP contribution in [-0.2, 0) is 0 Å². The van der Waals surface area contributed by atoms with Gasteiger partial charge in [-0.1, -0.05) is 19.8 Å². The summed E-state index contributed by atoms with van der Waals surface area (Å²) in [4.78, 5) is 27.4. The lowest BCUT2D eigenvalue weighted by Gasteiger charge is -2.32. The summed E-state index contributed by atoms with van der Waals surface area (Å²) in [7, 11) is 0. The number of nitro groups is 1. The highest BCUT2D eigenvalue weighted by Gasteiger charge is 2.27. The molecule has 0 bridgehead atoms. The summed E-state index contributed by atoms with van der Waals surface area (Å²) >= 11 is 0. The van der Waals surface area contributed by atoms with E-state index in [1.54, 1.807) is 0 Å². The molecule has 1 saturated heterocycles. The fourth-order valence-electron chi connectivity index (χ4n) is 2.78. The Hall–Kier alpha value is -2.18. The van der Waals surface area contributed by atoms with Gasteiger partial charge in [0.15, 0.2) is 5.69 Å². The summed E-state index contributed by atoms with van der Waals surface area (Å²) in [6.07, 6.45) is 4.23. The Morgan fingerprint density at radius 1 is 1.48 bits per heavy atom. The maximum atomic E-state index is 11.1. The summed E-state index contributed by atoms with van der Waals surface area (Å²) < 4.78 is 0. The minimum Gasteiger partial charge on any atom is -0.477 e. The van der Waals surface area contributed by atoms with E-state index in [1.807, 2.05) is 4.90 Å². The van der Waals surface area contributed by atoms with Crippen molar-refractivity contribution in [3.8, 4) is 0 Å². The van der Waals surface area contributed by atoms with E-state index in [2.05, 4.69) is 11.9 Å². The van der Waals surface area contributed by atoms with Crippen LogP contribution in [0.2, 0.25) is 0 Å². The summed E-state index contributed by atoms with van der Waals surface area (Å²) in [5.41, 5.74) is -0.291. The van der Waals surface area contributed by atoms with E-state index in [0.29, 0.717) is 19.0 Å². The van der Waals surface area contributed by atoms with Gasteiger partial charge in [-0.3, -0.25) is 10.1 Å². The smallest absolute Gasteiger partial charge is 0.354 e. The van der Waals surface area contributed by atoms with Gasteiger partial charge in [0.05, 0.1) is 4.92 Å². The predicted molar refractivity (Wildman–Crippen MR) is 77.7 cm³/mol. The third-order valence-corrected chi connectivity index (χ3v) is 3.88. The zero-order chi connectivity index (χ0) is 15.4. The van der Waals surface area contributed by atoms with Crippen LogP contribution in [0.5, 0.6) is 0 Å².